The van der Waals surface area contributed by atoms with Crippen LogP contribution in [0.1, 0.15) is 28.8 Å². The minimum atomic E-state index is -0.492. The molecule has 5 nitrogen and oxygen atoms in total. The number of carbonyl (C=O) groups is 3. The topological polar surface area (TPSA) is 63.7 Å². The SMILES string of the molecule is O=C(OCc1ccccc1)c1cccc(N2C(=O)[C@H]3C[C@H](Br)[C@@H](Br)C[C@H]3C2=O)c1. The van der Waals surface area contributed by atoms with Gasteiger partial charge in [-0.3, -0.25) is 14.5 Å². The van der Waals surface area contributed by atoms with Gasteiger partial charge in [0.2, 0.25) is 11.8 Å². The number of rotatable bonds is 4. The van der Waals surface area contributed by atoms with Crippen LogP contribution in [0.15, 0.2) is 54.6 Å². The fourth-order valence-electron chi connectivity index (χ4n) is 3.93. The molecule has 4 rings (SSSR count). The number of anilines is 1. The van der Waals surface area contributed by atoms with Crippen LogP contribution in [-0.4, -0.2) is 27.4 Å². The molecule has 1 aliphatic carbocycles. The first-order valence-corrected chi connectivity index (χ1v) is 11.3. The summed E-state index contributed by atoms with van der Waals surface area (Å²) >= 11 is 7.18. The summed E-state index contributed by atoms with van der Waals surface area (Å²) in [5.74, 6) is -1.53. The normalized spacial score (nSPS) is 26.3. The van der Waals surface area contributed by atoms with Gasteiger partial charge in [-0.2, -0.15) is 0 Å². The summed E-state index contributed by atoms with van der Waals surface area (Å²) in [7, 11) is 0. The van der Waals surface area contributed by atoms with Crippen LogP contribution < -0.4 is 4.90 Å². The van der Waals surface area contributed by atoms with Gasteiger partial charge < -0.3 is 4.74 Å². The average Bonchev–Trinajstić information content (AvgIpc) is 2.97. The van der Waals surface area contributed by atoms with Crippen LogP contribution >= 0.6 is 31.9 Å². The van der Waals surface area contributed by atoms with Crippen molar-refractivity contribution in [2.75, 3.05) is 4.90 Å². The highest BCUT2D eigenvalue weighted by molar-refractivity contribution is 9.12. The molecule has 29 heavy (non-hydrogen) atoms. The molecule has 1 saturated heterocycles. The third kappa shape index (κ3) is 4.03. The highest BCUT2D eigenvalue weighted by atomic mass is 79.9. The van der Waals surface area contributed by atoms with E-state index in [0.29, 0.717) is 24.1 Å². The van der Waals surface area contributed by atoms with Gasteiger partial charge in [-0.25, -0.2) is 4.79 Å². The summed E-state index contributed by atoms with van der Waals surface area (Å²) in [6.07, 6.45) is 1.22. The Morgan fingerprint density at radius 1 is 0.931 bits per heavy atom. The summed E-state index contributed by atoms with van der Waals surface area (Å²) in [5.41, 5.74) is 1.62. The number of carbonyl (C=O) groups excluding carboxylic acids is 3. The van der Waals surface area contributed by atoms with E-state index in [-0.39, 0.29) is 39.9 Å². The van der Waals surface area contributed by atoms with E-state index in [1.54, 1.807) is 24.3 Å². The lowest BCUT2D eigenvalue weighted by Crippen LogP contribution is -2.34. The van der Waals surface area contributed by atoms with Crippen molar-refractivity contribution in [3.05, 3.63) is 65.7 Å². The van der Waals surface area contributed by atoms with E-state index in [1.807, 2.05) is 30.3 Å². The standard InChI is InChI=1S/C22H19Br2NO4/c23-18-10-16-17(11-19(18)24)21(27)25(20(16)26)15-8-4-7-14(9-15)22(28)29-12-13-5-2-1-3-6-13/h1-9,16-19H,10-12H2/t16-,17+,18-,19-/m0/s1. The monoisotopic (exact) mass is 519 g/mol. The van der Waals surface area contributed by atoms with Gasteiger partial charge in [0, 0.05) is 9.65 Å². The molecule has 7 heteroatoms. The van der Waals surface area contributed by atoms with E-state index in [2.05, 4.69) is 31.9 Å². The second kappa shape index (κ2) is 8.40. The number of nitrogens with zero attached hydrogens (tertiary/aromatic N) is 1. The van der Waals surface area contributed by atoms with Gasteiger partial charge in [0.1, 0.15) is 6.61 Å². The molecule has 2 aromatic rings. The van der Waals surface area contributed by atoms with E-state index in [9.17, 15) is 14.4 Å². The molecule has 0 unspecified atom stereocenters. The number of benzene rings is 2. The van der Waals surface area contributed by atoms with Crippen molar-refractivity contribution in [1.29, 1.82) is 0 Å². The summed E-state index contributed by atoms with van der Waals surface area (Å²) < 4.78 is 5.37. The van der Waals surface area contributed by atoms with E-state index < -0.39 is 5.97 Å². The molecular formula is C22H19Br2NO4. The molecule has 1 aliphatic heterocycles. The number of hydrogen-bond donors (Lipinski definition) is 0. The molecule has 0 spiro atoms. The van der Waals surface area contributed by atoms with Crippen LogP contribution in [-0.2, 0) is 20.9 Å². The Labute approximate surface area is 185 Å². The first-order chi connectivity index (χ1) is 14.0. The van der Waals surface area contributed by atoms with Crippen LogP contribution in [0.25, 0.3) is 0 Å². The molecule has 0 bridgehead atoms. The van der Waals surface area contributed by atoms with Crippen molar-refractivity contribution >= 4 is 55.3 Å². The van der Waals surface area contributed by atoms with Crippen molar-refractivity contribution in [3.63, 3.8) is 0 Å². The van der Waals surface area contributed by atoms with Crippen molar-refractivity contribution in [1.82, 2.24) is 0 Å². The Bertz CT molecular complexity index is 921. The maximum atomic E-state index is 12.9. The number of hydrogen-bond acceptors (Lipinski definition) is 4. The van der Waals surface area contributed by atoms with Gasteiger partial charge in [-0.1, -0.05) is 68.3 Å². The molecule has 0 N–H and O–H groups in total. The van der Waals surface area contributed by atoms with E-state index in [4.69, 9.17) is 4.74 Å². The van der Waals surface area contributed by atoms with Gasteiger partial charge in [-0.15, -0.1) is 0 Å². The minimum absolute atomic E-state index is 0.153. The summed E-state index contributed by atoms with van der Waals surface area (Å²) in [6.45, 7) is 0.162. The first-order valence-electron chi connectivity index (χ1n) is 9.43. The fourth-order valence-corrected chi connectivity index (χ4v) is 5.17. The molecule has 0 aromatic heterocycles. The number of halogens is 2. The number of ether oxygens (including phenoxy) is 1. The van der Waals surface area contributed by atoms with Crippen molar-refractivity contribution in [2.45, 2.75) is 29.1 Å². The molecule has 2 amide bonds. The van der Waals surface area contributed by atoms with Gasteiger partial charge in [0.25, 0.3) is 0 Å². The number of imide groups is 1. The first kappa shape index (κ1) is 20.3. The second-order valence-electron chi connectivity index (χ2n) is 7.34. The van der Waals surface area contributed by atoms with Crippen LogP contribution in [0.5, 0.6) is 0 Å². The molecule has 4 atom stereocenters. The van der Waals surface area contributed by atoms with Crippen LogP contribution in [0.4, 0.5) is 5.69 Å². The molecule has 2 fully saturated rings. The lowest BCUT2D eigenvalue weighted by molar-refractivity contribution is -0.122. The van der Waals surface area contributed by atoms with E-state index >= 15 is 0 Å². The fraction of sp³-hybridized carbons (Fsp3) is 0.318. The molecule has 1 heterocycles. The highest BCUT2D eigenvalue weighted by Gasteiger charge is 2.52. The molecule has 2 aliphatic rings. The zero-order chi connectivity index (χ0) is 20.5. The van der Waals surface area contributed by atoms with Crippen LogP contribution in [0.3, 0.4) is 0 Å². The van der Waals surface area contributed by atoms with E-state index in [0.717, 1.165) is 5.56 Å². The Hall–Kier alpha value is -1.99. The van der Waals surface area contributed by atoms with Crippen molar-refractivity contribution < 1.29 is 19.1 Å². The third-order valence-corrected chi connectivity index (χ3v) is 8.20. The number of esters is 1. The molecular weight excluding hydrogens is 502 g/mol. The number of amides is 2. The number of alkyl halides is 2. The van der Waals surface area contributed by atoms with Gasteiger partial charge >= 0.3 is 5.97 Å². The Kier molecular flexibility index (Phi) is 5.88. The van der Waals surface area contributed by atoms with Gasteiger partial charge in [0.05, 0.1) is 23.1 Å². The highest BCUT2D eigenvalue weighted by Crippen LogP contribution is 2.44. The molecule has 0 radical (unpaired) electrons. The lowest BCUT2D eigenvalue weighted by Gasteiger charge is -2.29. The van der Waals surface area contributed by atoms with Gasteiger partial charge in [-0.05, 0) is 36.6 Å². The minimum Gasteiger partial charge on any atom is -0.457 e. The Morgan fingerprint density at radius 3 is 2.17 bits per heavy atom. The number of fused-ring (bicyclic) bond motifs is 1. The zero-order valence-electron chi connectivity index (χ0n) is 15.5. The maximum Gasteiger partial charge on any atom is 0.338 e. The summed E-state index contributed by atoms with van der Waals surface area (Å²) in [5, 5.41) is 0. The van der Waals surface area contributed by atoms with Crippen molar-refractivity contribution in [2.24, 2.45) is 11.8 Å². The summed E-state index contributed by atoms with van der Waals surface area (Å²) in [6, 6.07) is 15.9. The Balaban J connectivity index is 1.52. The Morgan fingerprint density at radius 2 is 1.55 bits per heavy atom. The predicted octanol–water partition coefficient (Wildman–Crippen LogP) is 4.47. The smallest absolute Gasteiger partial charge is 0.338 e. The maximum absolute atomic E-state index is 12.9. The largest absolute Gasteiger partial charge is 0.457 e. The van der Waals surface area contributed by atoms with Crippen molar-refractivity contribution in [3.8, 4) is 0 Å². The lowest BCUT2D eigenvalue weighted by atomic mass is 9.81. The molecule has 150 valence electrons. The van der Waals surface area contributed by atoms with Gasteiger partial charge in [0.15, 0.2) is 0 Å². The second-order valence-corrected chi connectivity index (χ2v) is 9.69. The third-order valence-electron chi connectivity index (χ3n) is 5.46. The molecule has 2 aromatic carbocycles. The summed E-state index contributed by atoms with van der Waals surface area (Å²) in [4.78, 5) is 39.9. The van der Waals surface area contributed by atoms with Crippen LogP contribution in [0, 0.1) is 11.8 Å². The van der Waals surface area contributed by atoms with Crippen LogP contribution in [0.2, 0.25) is 0 Å². The average molecular weight is 521 g/mol. The quantitative estimate of drug-likeness (QED) is 0.339. The zero-order valence-corrected chi connectivity index (χ0v) is 18.6. The predicted molar refractivity (Wildman–Crippen MR) is 116 cm³/mol. The van der Waals surface area contributed by atoms with E-state index in [1.165, 1.54) is 4.90 Å². The molecule has 1 saturated carbocycles.